The molecular weight excluding hydrogens is 258 g/mol. The average Bonchev–Trinajstić information content (AvgIpc) is 2.39. The summed E-state index contributed by atoms with van der Waals surface area (Å²) in [7, 11) is 0. The van der Waals surface area contributed by atoms with Crippen LogP contribution in [-0.2, 0) is 4.74 Å². The quantitative estimate of drug-likeness (QED) is 0.882. The molecule has 2 aliphatic carbocycles. The maximum atomic E-state index is 5.82. The van der Waals surface area contributed by atoms with Crippen LogP contribution in [0.3, 0.4) is 0 Å². The molecule has 0 radical (unpaired) electrons. The third-order valence-electron chi connectivity index (χ3n) is 5.63. The fourth-order valence-electron chi connectivity index (χ4n) is 3.89. The van der Waals surface area contributed by atoms with Crippen molar-refractivity contribution in [2.24, 2.45) is 5.41 Å². The molecule has 0 bridgehead atoms. The van der Waals surface area contributed by atoms with Gasteiger partial charge in [-0.2, -0.15) is 0 Å². The molecule has 0 amide bonds. The molecule has 0 saturated heterocycles. The maximum absolute atomic E-state index is 5.82. The molecule has 1 aromatic carbocycles. The van der Waals surface area contributed by atoms with Crippen molar-refractivity contribution in [2.75, 3.05) is 6.61 Å². The minimum Gasteiger partial charge on any atom is -0.378 e. The smallest absolute Gasteiger partial charge is 0.0655 e. The van der Waals surface area contributed by atoms with E-state index in [1.54, 1.807) is 0 Å². The van der Waals surface area contributed by atoms with Crippen LogP contribution in [0.5, 0.6) is 0 Å². The van der Waals surface area contributed by atoms with Gasteiger partial charge in [-0.15, -0.1) is 0 Å². The first-order valence-electron chi connectivity index (χ1n) is 8.45. The van der Waals surface area contributed by atoms with E-state index in [1.165, 1.54) is 30.4 Å². The highest BCUT2D eigenvalue weighted by molar-refractivity contribution is 5.28. The van der Waals surface area contributed by atoms with Gasteiger partial charge in [0.1, 0.15) is 0 Å². The zero-order valence-corrected chi connectivity index (χ0v) is 13.9. The first-order valence-corrected chi connectivity index (χ1v) is 8.45. The topological polar surface area (TPSA) is 21.3 Å². The summed E-state index contributed by atoms with van der Waals surface area (Å²) >= 11 is 0. The lowest BCUT2D eigenvalue weighted by atomic mass is 9.63. The van der Waals surface area contributed by atoms with E-state index < -0.39 is 0 Å². The van der Waals surface area contributed by atoms with E-state index >= 15 is 0 Å². The number of aryl methyl sites for hydroxylation is 1. The summed E-state index contributed by atoms with van der Waals surface area (Å²) in [6, 6.07) is 10.3. The highest BCUT2D eigenvalue weighted by atomic mass is 16.5. The van der Waals surface area contributed by atoms with Crippen LogP contribution in [0.2, 0.25) is 0 Å². The highest BCUT2D eigenvalue weighted by Gasteiger charge is 2.50. The maximum Gasteiger partial charge on any atom is 0.0655 e. The molecule has 0 heterocycles. The van der Waals surface area contributed by atoms with Crippen LogP contribution < -0.4 is 5.32 Å². The number of rotatable bonds is 5. The first-order chi connectivity index (χ1) is 10.0. The summed E-state index contributed by atoms with van der Waals surface area (Å²) < 4.78 is 5.82. The van der Waals surface area contributed by atoms with E-state index in [0.717, 1.165) is 12.5 Å². The summed E-state index contributed by atoms with van der Waals surface area (Å²) in [6.45, 7) is 9.79. The fourth-order valence-corrected chi connectivity index (χ4v) is 3.89. The van der Waals surface area contributed by atoms with Gasteiger partial charge in [0.05, 0.1) is 6.10 Å². The van der Waals surface area contributed by atoms with Crippen LogP contribution in [0.25, 0.3) is 0 Å². The molecule has 2 unspecified atom stereocenters. The van der Waals surface area contributed by atoms with Gasteiger partial charge in [0, 0.05) is 24.1 Å². The monoisotopic (exact) mass is 287 g/mol. The second kappa shape index (κ2) is 5.73. The molecule has 116 valence electrons. The van der Waals surface area contributed by atoms with Crippen LogP contribution >= 0.6 is 0 Å². The number of ether oxygens (including phenoxy) is 1. The van der Waals surface area contributed by atoms with Gasteiger partial charge in [-0.05, 0) is 44.6 Å². The lowest BCUT2D eigenvalue weighted by Crippen LogP contribution is -2.64. The number of nitrogens with one attached hydrogen (secondary N) is 1. The largest absolute Gasteiger partial charge is 0.378 e. The lowest BCUT2D eigenvalue weighted by Gasteiger charge is -2.54. The molecule has 21 heavy (non-hydrogen) atoms. The summed E-state index contributed by atoms with van der Waals surface area (Å²) in [5.74, 6) is 0.758. The average molecular weight is 287 g/mol. The Morgan fingerprint density at radius 1 is 1.24 bits per heavy atom. The molecule has 2 fully saturated rings. The Kier molecular flexibility index (Phi) is 4.11. The standard InChI is InChI=1S/C19H29NO/c1-5-21-18-12-17(19(18,3)4)20-16-10-15(11-16)14-8-6-7-13(2)9-14/h6-9,15-18,20H,5,10-12H2,1-4H3. The predicted molar refractivity (Wildman–Crippen MR) is 87.7 cm³/mol. The Labute approximate surface area is 129 Å². The first kappa shape index (κ1) is 15.1. The summed E-state index contributed by atoms with van der Waals surface area (Å²) in [4.78, 5) is 0. The van der Waals surface area contributed by atoms with Crippen molar-refractivity contribution < 1.29 is 4.74 Å². The third-order valence-corrected chi connectivity index (χ3v) is 5.63. The number of hydrogen-bond acceptors (Lipinski definition) is 2. The van der Waals surface area contributed by atoms with E-state index in [1.807, 2.05) is 0 Å². The van der Waals surface area contributed by atoms with Crippen LogP contribution in [0, 0.1) is 12.3 Å². The normalized spacial score (nSPS) is 34.1. The Hall–Kier alpha value is -0.860. The van der Waals surface area contributed by atoms with Gasteiger partial charge in [-0.25, -0.2) is 0 Å². The molecular formula is C19H29NO. The summed E-state index contributed by atoms with van der Waals surface area (Å²) in [5, 5.41) is 3.87. The molecule has 3 rings (SSSR count). The SMILES string of the molecule is CCOC1CC(NC2CC(c3cccc(C)c3)C2)C1(C)C. The molecule has 1 N–H and O–H groups in total. The number of benzene rings is 1. The third kappa shape index (κ3) is 2.89. The molecule has 2 atom stereocenters. The van der Waals surface area contributed by atoms with Crippen LogP contribution in [0.15, 0.2) is 24.3 Å². The van der Waals surface area contributed by atoms with E-state index in [-0.39, 0.29) is 5.41 Å². The fraction of sp³-hybridized carbons (Fsp3) is 0.684. The van der Waals surface area contributed by atoms with Gasteiger partial charge >= 0.3 is 0 Å². The van der Waals surface area contributed by atoms with Gasteiger partial charge in [0.15, 0.2) is 0 Å². The van der Waals surface area contributed by atoms with Crippen molar-refractivity contribution in [3.05, 3.63) is 35.4 Å². The van der Waals surface area contributed by atoms with E-state index in [0.29, 0.717) is 18.2 Å². The lowest BCUT2D eigenvalue weighted by molar-refractivity contribution is -0.118. The van der Waals surface area contributed by atoms with E-state index in [4.69, 9.17) is 4.74 Å². The van der Waals surface area contributed by atoms with Crippen LogP contribution in [0.4, 0.5) is 0 Å². The zero-order chi connectivity index (χ0) is 15.0. The summed E-state index contributed by atoms with van der Waals surface area (Å²) in [5.41, 5.74) is 3.18. The second-order valence-electron chi connectivity index (χ2n) is 7.50. The second-order valence-corrected chi connectivity index (χ2v) is 7.50. The van der Waals surface area contributed by atoms with Crippen LogP contribution in [-0.4, -0.2) is 24.8 Å². The molecule has 1 aromatic rings. The van der Waals surface area contributed by atoms with Crippen LogP contribution in [0.1, 0.15) is 57.1 Å². The summed E-state index contributed by atoms with van der Waals surface area (Å²) in [6.07, 6.45) is 4.18. The van der Waals surface area contributed by atoms with Crippen molar-refractivity contribution in [3.8, 4) is 0 Å². The molecule has 2 aliphatic rings. The van der Waals surface area contributed by atoms with Crippen molar-refractivity contribution in [2.45, 2.75) is 71.1 Å². The molecule has 2 saturated carbocycles. The van der Waals surface area contributed by atoms with Gasteiger partial charge in [0.2, 0.25) is 0 Å². The molecule has 0 aromatic heterocycles. The Balaban J connectivity index is 1.48. The highest BCUT2D eigenvalue weighted by Crippen LogP contribution is 2.45. The van der Waals surface area contributed by atoms with Gasteiger partial charge in [0.25, 0.3) is 0 Å². The van der Waals surface area contributed by atoms with Gasteiger partial charge in [-0.3, -0.25) is 0 Å². The van der Waals surface area contributed by atoms with Gasteiger partial charge < -0.3 is 10.1 Å². The van der Waals surface area contributed by atoms with Crippen molar-refractivity contribution in [1.29, 1.82) is 0 Å². The van der Waals surface area contributed by atoms with Gasteiger partial charge in [-0.1, -0.05) is 43.7 Å². The minimum absolute atomic E-state index is 0.282. The van der Waals surface area contributed by atoms with Crippen molar-refractivity contribution in [1.82, 2.24) is 5.32 Å². The number of hydrogen-bond donors (Lipinski definition) is 1. The van der Waals surface area contributed by atoms with E-state index in [9.17, 15) is 0 Å². The Morgan fingerprint density at radius 3 is 2.62 bits per heavy atom. The minimum atomic E-state index is 0.282. The van der Waals surface area contributed by atoms with E-state index in [2.05, 4.69) is 57.3 Å². The molecule has 2 nitrogen and oxygen atoms in total. The molecule has 0 aliphatic heterocycles. The van der Waals surface area contributed by atoms with Crippen molar-refractivity contribution >= 4 is 0 Å². The predicted octanol–water partition coefficient (Wildman–Crippen LogP) is 4.03. The molecule has 2 heteroatoms. The molecule has 0 spiro atoms. The zero-order valence-electron chi connectivity index (χ0n) is 13.9. The Bertz CT molecular complexity index is 490. The van der Waals surface area contributed by atoms with Crippen molar-refractivity contribution in [3.63, 3.8) is 0 Å². The Morgan fingerprint density at radius 2 is 2.00 bits per heavy atom.